The summed E-state index contributed by atoms with van der Waals surface area (Å²) in [6.45, 7) is 4.34. The van der Waals surface area contributed by atoms with Crippen LogP contribution in [0.25, 0.3) is 0 Å². The Bertz CT molecular complexity index is 824. The molecule has 2 aliphatic rings. The van der Waals surface area contributed by atoms with Gasteiger partial charge in [-0.25, -0.2) is 21.6 Å². The highest BCUT2D eigenvalue weighted by Gasteiger charge is 2.34. The predicted molar refractivity (Wildman–Crippen MR) is 102 cm³/mol. The summed E-state index contributed by atoms with van der Waals surface area (Å²) in [4.78, 5) is -0.293. The molecule has 0 aliphatic carbocycles. The van der Waals surface area contributed by atoms with E-state index in [0.717, 1.165) is 25.9 Å². The summed E-state index contributed by atoms with van der Waals surface area (Å²) in [6.07, 6.45) is 2.29. The fourth-order valence-electron chi connectivity index (χ4n) is 3.40. The number of nitrogens with zero attached hydrogens (tertiary/aromatic N) is 1. The molecule has 0 spiro atoms. The van der Waals surface area contributed by atoms with Crippen molar-refractivity contribution >= 4 is 32.5 Å². The lowest BCUT2D eigenvalue weighted by atomic mass is 9.97. The first-order valence-electron chi connectivity index (χ1n) is 8.64. The van der Waals surface area contributed by atoms with Gasteiger partial charge in [0.05, 0.1) is 0 Å². The Labute approximate surface area is 162 Å². The Morgan fingerprint density at radius 3 is 2.31 bits per heavy atom. The lowest BCUT2D eigenvalue weighted by molar-refractivity contribution is 0.328. The summed E-state index contributed by atoms with van der Waals surface area (Å²) >= 11 is 0. The molecule has 1 aromatic rings. The first-order valence-corrected chi connectivity index (χ1v) is 11.6. The van der Waals surface area contributed by atoms with E-state index in [9.17, 15) is 16.8 Å². The van der Waals surface area contributed by atoms with Gasteiger partial charge >= 0.3 is 0 Å². The SMILES string of the molecule is CC1CNCCC1NS(=O)(=O)c1ccccc1S(=O)(=O)N1CCCC1.Cl. The summed E-state index contributed by atoms with van der Waals surface area (Å²) in [6, 6.07) is 5.68. The van der Waals surface area contributed by atoms with Crippen molar-refractivity contribution in [1.82, 2.24) is 14.3 Å². The molecule has 0 amide bonds. The van der Waals surface area contributed by atoms with Crippen LogP contribution < -0.4 is 10.0 Å². The van der Waals surface area contributed by atoms with Crippen LogP contribution in [0.4, 0.5) is 0 Å². The molecule has 0 saturated carbocycles. The zero-order chi connectivity index (χ0) is 18.1. The maximum absolute atomic E-state index is 12.9. The van der Waals surface area contributed by atoms with Gasteiger partial charge in [0, 0.05) is 19.1 Å². The highest BCUT2D eigenvalue weighted by atomic mass is 35.5. The third kappa shape index (κ3) is 4.40. The van der Waals surface area contributed by atoms with Crippen molar-refractivity contribution in [1.29, 1.82) is 0 Å². The number of hydrogen-bond acceptors (Lipinski definition) is 5. The second-order valence-corrected chi connectivity index (χ2v) is 10.3. The second kappa shape index (κ2) is 8.53. The molecule has 1 aromatic carbocycles. The van der Waals surface area contributed by atoms with Crippen LogP contribution in [0.1, 0.15) is 26.2 Å². The first kappa shape index (κ1) is 21.6. The van der Waals surface area contributed by atoms with Gasteiger partial charge in [0.25, 0.3) is 0 Å². The van der Waals surface area contributed by atoms with Crippen molar-refractivity contribution in [2.24, 2.45) is 5.92 Å². The minimum Gasteiger partial charge on any atom is -0.316 e. The summed E-state index contributed by atoms with van der Waals surface area (Å²) in [5.74, 6) is 0.144. The van der Waals surface area contributed by atoms with Crippen molar-refractivity contribution in [2.75, 3.05) is 26.2 Å². The maximum atomic E-state index is 12.9. The van der Waals surface area contributed by atoms with E-state index in [-0.39, 0.29) is 34.2 Å². The molecule has 3 rings (SSSR count). The van der Waals surface area contributed by atoms with Crippen molar-refractivity contribution < 1.29 is 16.8 Å². The van der Waals surface area contributed by atoms with Gasteiger partial charge in [0.15, 0.2) is 0 Å². The molecule has 26 heavy (non-hydrogen) atoms. The van der Waals surface area contributed by atoms with Crippen LogP contribution in [-0.2, 0) is 20.0 Å². The van der Waals surface area contributed by atoms with E-state index < -0.39 is 20.0 Å². The van der Waals surface area contributed by atoms with Gasteiger partial charge in [0.1, 0.15) is 9.79 Å². The fourth-order valence-corrected chi connectivity index (χ4v) is 7.11. The number of hydrogen-bond donors (Lipinski definition) is 2. The van der Waals surface area contributed by atoms with Crippen LogP contribution in [0.2, 0.25) is 0 Å². The molecule has 2 atom stereocenters. The zero-order valence-electron chi connectivity index (χ0n) is 14.7. The highest BCUT2D eigenvalue weighted by Crippen LogP contribution is 2.27. The van der Waals surface area contributed by atoms with Crippen molar-refractivity contribution in [2.45, 2.75) is 42.0 Å². The van der Waals surface area contributed by atoms with E-state index in [0.29, 0.717) is 19.5 Å². The third-order valence-corrected chi connectivity index (χ3v) is 8.55. The quantitative estimate of drug-likeness (QED) is 0.741. The monoisotopic (exact) mass is 423 g/mol. The average Bonchev–Trinajstić information content (AvgIpc) is 3.12. The van der Waals surface area contributed by atoms with Crippen molar-refractivity contribution in [3.8, 4) is 0 Å². The number of rotatable bonds is 5. The van der Waals surface area contributed by atoms with Crippen LogP contribution in [-0.4, -0.2) is 53.4 Å². The van der Waals surface area contributed by atoms with Crippen molar-refractivity contribution in [3.63, 3.8) is 0 Å². The number of sulfonamides is 2. The van der Waals surface area contributed by atoms with Crippen LogP contribution in [0.3, 0.4) is 0 Å². The van der Waals surface area contributed by atoms with Gasteiger partial charge in [-0.05, 0) is 50.4 Å². The fraction of sp³-hybridized carbons (Fsp3) is 0.625. The molecule has 2 fully saturated rings. The summed E-state index contributed by atoms with van der Waals surface area (Å²) in [5.41, 5.74) is 0. The van der Waals surface area contributed by atoms with Crippen molar-refractivity contribution in [3.05, 3.63) is 24.3 Å². The van der Waals surface area contributed by atoms with Crippen LogP contribution in [0.5, 0.6) is 0 Å². The zero-order valence-corrected chi connectivity index (χ0v) is 17.2. The molecule has 148 valence electrons. The van der Waals surface area contributed by atoms with E-state index in [4.69, 9.17) is 0 Å². The van der Waals surface area contributed by atoms with Crippen LogP contribution >= 0.6 is 12.4 Å². The van der Waals surface area contributed by atoms with Gasteiger partial charge in [0.2, 0.25) is 20.0 Å². The first-order chi connectivity index (χ1) is 11.8. The lowest BCUT2D eigenvalue weighted by Crippen LogP contribution is -2.48. The normalized spacial score (nSPS) is 25.0. The number of benzene rings is 1. The molecular formula is C16H26ClN3O4S2. The highest BCUT2D eigenvalue weighted by molar-refractivity contribution is 7.92. The lowest BCUT2D eigenvalue weighted by Gasteiger charge is -2.30. The minimum atomic E-state index is -3.92. The van der Waals surface area contributed by atoms with E-state index in [2.05, 4.69) is 10.0 Å². The maximum Gasteiger partial charge on any atom is 0.244 e. The Morgan fingerprint density at radius 1 is 1.08 bits per heavy atom. The summed E-state index contributed by atoms with van der Waals surface area (Å²) in [7, 11) is -7.72. The predicted octanol–water partition coefficient (Wildman–Crippen LogP) is 1.17. The van der Waals surface area contributed by atoms with E-state index >= 15 is 0 Å². The molecule has 0 radical (unpaired) electrons. The molecule has 0 aromatic heterocycles. The molecular weight excluding hydrogens is 398 g/mol. The minimum absolute atomic E-state index is 0. The number of piperidine rings is 1. The molecule has 2 unspecified atom stereocenters. The van der Waals surface area contributed by atoms with Gasteiger partial charge in [-0.1, -0.05) is 19.1 Å². The second-order valence-electron chi connectivity index (χ2n) is 6.76. The largest absolute Gasteiger partial charge is 0.316 e. The Hall–Kier alpha value is -0.710. The van der Waals surface area contributed by atoms with E-state index in [1.807, 2.05) is 6.92 Å². The Morgan fingerprint density at radius 2 is 1.69 bits per heavy atom. The van der Waals surface area contributed by atoms with Crippen LogP contribution in [0.15, 0.2) is 34.1 Å². The van der Waals surface area contributed by atoms with Crippen LogP contribution in [0, 0.1) is 5.92 Å². The number of nitrogens with one attached hydrogen (secondary N) is 2. The topological polar surface area (TPSA) is 95.6 Å². The van der Waals surface area contributed by atoms with Gasteiger partial charge in [-0.15, -0.1) is 12.4 Å². The molecule has 2 saturated heterocycles. The molecule has 2 N–H and O–H groups in total. The molecule has 7 nitrogen and oxygen atoms in total. The standard InChI is InChI=1S/C16H25N3O4S2.ClH/c1-13-12-17-9-8-14(13)18-24(20,21)15-6-2-3-7-16(15)25(22,23)19-10-4-5-11-19;/h2-3,6-7,13-14,17-18H,4-5,8-12H2,1H3;1H. The summed E-state index contributed by atoms with van der Waals surface area (Å²) < 4.78 is 55.7. The van der Waals surface area contributed by atoms with Gasteiger partial charge in [-0.3, -0.25) is 0 Å². The third-order valence-electron chi connectivity index (χ3n) is 4.91. The Kier molecular flexibility index (Phi) is 7.09. The smallest absolute Gasteiger partial charge is 0.244 e. The average molecular weight is 424 g/mol. The molecule has 2 aliphatic heterocycles. The Balaban J connectivity index is 0.00000243. The molecule has 10 heteroatoms. The van der Waals surface area contributed by atoms with E-state index in [1.54, 1.807) is 12.1 Å². The molecule has 2 heterocycles. The van der Waals surface area contributed by atoms with E-state index in [1.165, 1.54) is 16.4 Å². The summed E-state index contributed by atoms with van der Waals surface area (Å²) in [5, 5.41) is 3.23. The molecule has 0 bridgehead atoms. The van der Waals surface area contributed by atoms with Gasteiger partial charge < -0.3 is 5.32 Å². The van der Waals surface area contributed by atoms with Gasteiger partial charge in [-0.2, -0.15) is 4.31 Å². The number of halogens is 1.